The Bertz CT molecular complexity index is 224. The van der Waals surface area contributed by atoms with Crippen LogP contribution in [0, 0.1) is 17.8 Å². The van der Waals surface area contributed by atoms with E-state index < -0.39 is 0 Å². The number of unbranched alkanes of at least 4 members (excludes halogenated alkanes) is 1. The summed E-state index contributed by atoms with van der Waals surface area (Å²) in [5, 5.41) is 0. The minimum atomic E-state index is 0.748. The average molecular weight is 206 g/mol. The van der Waals surface area contributed by atoms with Gasteiger partial charge in [-0.15, -0.1) is 0 Å². The van der Waals surface area contributed by atoms with Gasteiger partial charge < -0.3 is 0 Å². The lowest BCUT2D eigenvalue weighted by Crippen LogP contribution is -2.23. The normalized spacial score (nSPS) is 27.7. The second-order valence-corrected chi connectivity index (χ2v) is 5.12. The summed E-state index contributed by atoms with van der Waals surface area (Å²) >= 11 is 0. The number of hydrogen-bond donors (Lipinski definition) is 0. The molecule has 1 aliphatic carbocycles. The smallest absolute Gasteiger partial charge is 0.0175 e. The maximum atomic E-state index is 4.19. The van der Waals surface area contributed by atoms with Gasteiger partial charge in [0.25, 0.3) is 0 Å². The third-order valence-electron chi connectivity index (χ3n) is 3.80. The number of allylic oxidation sites excluding steroid dienone is 3. The molecule has 0 fully saturated rings. The van der Waals surface area contributed by atoms with Crippen molar-refractivity contribution in [1.29, 1.82) is 0 Å². The summed E-state index contributed by atoms with van der Waals surface area (Å²) in [7, 11) is 0. The Morgan fingerprint density at radius 1 is 1.53 bits per heavy atom. The maximum absolute atomic E-state index is 4.19. The molecule has 0 aromatic carbocycles. The largest absolute Gasteiger partial charge is 0.0999 e. The monoisotopic (exact) mass is 206 g/mol. The summed E-state index contributed by atoms with van der Waals surface area (Å²) in [4.78, 5) is 0. The van der Waals surface area contributed by atoms with Gasteiger partial charge in [-0.3, -0.25) is 0 Å². The van der Waals surface area contributed by atoms with Crippen molar-refractivity contribution in [3.05, 3.63) is 24.3 Å². The van der Waals surface area contributed by atoms with Crippen molar-refractivity contribution in [2.45, 2.75) is 52.9 Å². The zero-order valence-electron chi connectivity index (χ0n) is 10.6. The predicted molar refractivity (Wildman–Crippen MR) is 68.9 cm³/mol. The third kappa shape index (κ3) is 3.52. The minimum absolute atomic E-state index is 0.748. The lowest BCUT2D eigenvalue weighted by atomic mass is 9.72. The first-order chi connectivity index (χ1) is 7.16. The number of hydrogen-bond acceptors (Lipinski definition) is 0. The van der Waals surface area contributed by atoms with Crippen LogP contribution in [-0.4, -0.2) is 0 Å². The SMILES string of the molecule is C=C(C)C(CCCC)C1CCC=CC1C. The highest BCUT2D eigenvalue weighted by Gasteiger charge is 2.26. The fourth-order valence-electron chi connectivity index (χ4n) is 2.82. The van der Waals surface area contributed by atoms with E-state index in [4.69, 9.17) is 0 Å². The lowest BCUT2D eigenvalue weighted by Gasteiger charge is -2.33. The Balaban J connectivity index is 2.61. The van der Waals surface area contributed by atoms with Crippen LogP contribution in [0.2, 0.25) is 0 Å². The van der Waals surface area contributed by atoms with E-state index >= 15 is 0 Å². The molecule has 0 saturated carbocycles. The first kappa shape index (κ1) is 12.5. The van der Waals surface area contributed by atoms with Gasteiger partial charge in [0, 0.05) is 0 Å². The summed E-state index contributed by atoms with van der Waals surface area (Å²) in [5.74, 6) is 2.35. The first-order valence-electron chi connectivity index (χ1n) is 6.48. The molecular formula is C15H26. The van der Waals surface area contributed by atoms with Gasteiger partial charge in [-0.1, -0.05) is 51.0 Å². The van der Waals surface area contributed by atoms with Crippen LogP contribution in [-0.2, 0) is 0 Å². The quantitative estimate of drug-likeness (QED) is 0.557. The van der Waals surface area contributed by atoms with Crippen molar-refractivity contribution in [2.75, 3.05) is 0 Å². The van der Waals surface area contributed by atoms with Crippen LogP contribution in [0.1, 0.15) is 52.9 Å². The summed E-state index contributed by atoms with van der Waals surface area (Å²) < 4.78 is 0. The molecule has 86 valence electrons. The zero-order valence-corrected chi connectivity index (χ0v) is 10.6. The molecule has 0 aromatic rings. The molecule has 0 radical (unpaired) electrons. The molecule has 0 N–H and O–H groups in total. The van der Waals surface area contributed by atoms with E-state index in [9.17, 15) is 0 Å². The van der Waals surface area contributed by atoms with Gasteiger partial charge in [0.05, 0.1) is 0 Å². The standard InChI is InChI=1S/C15H26/c1-5-6-10-14(12(2)3)15-11-8-7-9-13(15)4/h7,9,13-15H,2,5-6,8,10-11H2,1,3-4H3. The Morgan fingerprint density at radius 3 is 2.80 bits per heavy atom. The Hall–Kier alpha value is -0.520. The Labute approximate surface area is 95.5 Å². The molecule has 0 heteroatoms. The summed E-state index contributed by atoms with van der Waals surface area (Å²) in [6.07, 6.45) is 11.4. The fourth-order valence-corrected chi connectivity index (χ4v) is 2.82. The van der Waals surface area contributed by atoms with Crippen molar-refractivity contribution in [3.8, 4) is 0 Å². The van der Waals surface area contributed by atoms with Crippen molar-refractivity contribution in [1.82, 2.24) is 0 Å². The molecule has 1 rings (SSSR count). The van der Waals surface area contributed by atoms with E-state index in [0.717, 1.165) is 17.8 Å². The highest BCUT2D eigenvalue weighted by atomic mass is 14.3. The Morgan fingerprint density at radius 2 is 2.27 bits per heavy atom. The number of rotatable bonds is 5. The van der Waals surface area contributed by atoms with Crippen LogP contribution in [0.5, 0.6) is 0 Å². The highest BCUT2D eigenvalue weighted by Crippen LogP contribution is 2.37. The van der Waals surface area contributed by atoms with Gasteiger partial charge in [-0.2, -0.15) is 0 Å². The van der Waals surface area contributed by atoms with Gasteiger partial charge in [0.1, 0.15) is 0 Å². The van der Waals surface area contributed by atoms with Crippen LogP contribution in [0.4, 0.5) is 0 Å². The molecule has 0 spiro atoms. The van der Waals surface area contributed by atoms with Crippen LogP contribution >= 0.6 is 0 Å². The van der Waals surface area contributed by atoms with E-state index in [0.29, 0.717) is 0 Å². The molecule has 3 unspecified atom stereocenters. The van der Waals surface area contributed by atoms with Gasteiger partial charge in [0.2, 0.25) is 0 Å². The van der Waals surface area contributed by atoms with Crippen LogP contribution < -0.4 is 0 Å². The maximum Gasteiger partial charge on any atom is -0.0175 e. The highest BCUT2D eigenvalue weighted by molar-refractivity contribution is 5.05. The molecule has 0 aliphatic heterocycles. The molecule has 0 saturated heterocycles. The van der Waals surface area contributed by atoms with Crippen LogP contribution in [0.3, 0.4) is 0 Å². The van der Waals surface area contributed by atoms with E-state index in [1.165, 1.54) is 37.7 Å². The van der Waals surface area contributed by atoms with Gasteiger partial charge in [0.15, 0.2) is 0 Å². The third-order valence-corrected chi connectivity index (χ3v) is 3.80. The second kappa shape index (κ2) is 6.15. The summed E-state index contributed by atoms with van der Waals surface area (Å²) in [6, 6.07) is 0. The molecule has 0 amide bonds. The van der Waals surface area contributed by atoms with Gasteiger partial charge in [-0.25, -0.2) is 0 Å². The molecular weight excluding hydrogens is 180 g/mol. The lowest BCUT2D eigenvalue weighted by molar-refractivity contribution is 0.264. The van der Waals surface area contributed by atoms with E-state index in [1.807, 2.05) is 0 Å². The zero-order chi connectivity index (χ0) is 11.3. The van der Waals surface area contributed by atoms with Crippen molar-refractivity contribution in [3.63, 3.8) is 0 Å². The topological polar surface area (TPSA) is 0 Å². The molecule has 0 heterocycles. The molecule has 0 nitrogen and oxygen atoms in total. The van der Waals surface area contributed by atoms with E-state index in [1.54, 1.807) is 0 Å². The molecule has 3 atom stereocenters. The molecule has 0 aromatic heterocycles. The van der Waals surface area contributed by atoms with Crippen molar-refractivity contribution in [2.24, 2.45) is 17.8 Å². The first-order valence-corrected chi connectivity index (χ1v) is 6.48. The van der Waals surface area contributed by atoms with Crippen LogP contribution in [0.25, 0.3) is 0 Å². The predicted octanol–water partition coefficient (Wildman–Crippen LogP) is 4.97. The average Bonchev–Trinajstić information content (AvgIpc) is 2.20. The van der Waals surface area contributed by atoms with Crippen LogP contribution in [0.15, 0.2) is 24.3 Å². The fraction of sp³-hybridized carbons (Fsp3) is 0.733. The Kier molecular flexibility index (Phi) is 5.14. The molecule has 15 heavy (non-hydrogen) atoms. The van der Waals surface area contributed by atoms with Gasteiger partial charge in [-0.05, 0) is 43.9 Å². The molecule has 1 aliphatic rings. The molecule has 0 bridgehead atoms. The second-order valence-electron chi connectivity index (χ2n) is 5.12. The van der Waals surface area contributed by atoms with Crippen molar-refractivity contribution >= 4 is 0 Å². The van der Waals surface area contributed by atoms with Gasteiger partial charge >= 0.3 is 0 Å². The minimum Gasteiger partial charge on any atom is -0.0999 e. The van der Waals surface area contributed by atoms with E-state index in [-0.39, 0.29) is 0 Å². The van der Waals surface area contributed by atoms with Crippen molar-refractivity contribution < 1.29 is 0 Å². The van der Waals surface area contributed by atoms with E-state index in [2.05, 4.69) is 39.5 Å². The summed E-state index contributed by atoms with van der Waals surface area (Å²) in [5.41, 5.74) is 1.40. The summed E-state index contributed by atoms with van der Waals surface area (Å²) in [6.45, 7) is 11.0.